The van der Waals surface area contributed by atoms with Gasteiger partial charge in [0, 0.05) is 0 Å². The van der Waals surface area contributed by atoms with Crippen LogP contribution in [0.3, 0.4) is 0 Å². The summed E-state index contributed by atoms with van der Waals surface area (Å²) in [4.78, 5) is 37.0. The Balaban J connectivity index is 3.74. The Kier molecular flexibility index (Phi) is 6.95. The third-order valence-electron chi connectivity index (χ3n) is 3.69. The third-order valence-corrected chi connectivity index (χ3v) is 3.69. The van der Waals surface area contributed by atoms with Crippen LogP contribution in [-0.2, 0) is 14.2 Å². The highest BCUT2D eigenvalue weighted by Crippen LogP contribution is 2.29. The van der Waals surface area contributed by atoms with Gasteiger partial charge in [-0.2, -0.15) is 0 Å². The second-order valence-electron chi connectivity index (χ2n) is 5.16. The fraction of sp³-hybridized carbons (Fsp3) is 0.500. The van der Waals surface area contributed by atoms with Gasteiger partial charge in [0.05, 0.1) is 36.5 Å². The molecule has 0 aliphatic heterocycles. The SMILES string of the molecule is CCOC(=O)c1c(C)c(C(=O)OCC)c(C)c(C(=O)OCC)c1C. The van der Waals surface area contributed by atoms with Crippen LogP contribution in [0.4, 0.5) is 0 Å². The molecular formula is C18H24O6. The lowest BCUT2D eigenvalue weighted by Gasteiger charge is -2.19. The van der Waals surface area contributed by atoms with E-state index in [2.05, 4.69) is 0 Å². The molecule has 1 rings (SSSR count). The van der Waals surface area contributed by atoms with Crippen LogP contribution in [0, 0.1) is 20.8 Å². The van der Waals surface area contributed by atoms with Gasteiger partial charge < -0.3 is 14.2 Å². The van der Waals surface area contributed by atoms with E-state index < -0.39 is 17.9 Å². The predicted molar refractivity (Wildman–Crippen MR) is 88.5 cm³/mol. The van der Waals surface area contributed by atoms with E-state index in [0.717, 1.165) is 0 Å². The summed E-state index contributed by atoms with van der Waals surface area (Å²) in [5, 5.41) is 0. The van der Waals surface area contributed by atoms with Crippen molar-refractivity contribution in [3.05, 3.63) is 33.4 Å². The molecule has 0 radical (unpaired) electrons. The van der Waals surface area contributed by atoms with Crippen LogP contribution < -0.4 is 0 Å². The average molecular weight is 336 g/mol. The minimum Gasteiger partial charge on any atom is -0.462 e. The molecule has 0 N–H and O–H groups in total. The van der Waals surface area contributed by atoms with Gasteiger partial charge in [0.15, 0.2) is 0 Å². The van der Waals surface area contributed by atoms with Gasteiger partial charge in [0.1, 0.15) is 0 Å². The molecule has 0 unspecified atom stereocenters. The Hall–Kier alpha value is -2.37. The number of rotatable bonds is 6. The quantitative estimate of drug-likeness (QED) is 0.586. The zero-order valence-electron chi connectivity index (χ0n) is 15.1. The second-order valence-corrected chi connectivity index (χ2v) is 5.16. The van der Waals surface area contributed by atoms with E-state index >= 15 is 0 Å². The number of carbonyl (C=O) groups excluding carboxylic acids is 3. The molecule has 1 aromatic carbocycles. The Labute approximate surface area is 142 Å². The lowest BCUT2D eigenvalue weighted by Crippen LogP contribution is -2.21. The van der Waals surface area contributed by atoms with Gasteiger partial charge in [0.2, 0.25) is 0 Å². The van der Waals surface area contributed by atoms with Crippen molar-refractivity contribution >= 4 is 17.9 Å². The van der Waals surface area contributed by atoms with Gasteiger partial charge in [0.25, 0.3) is 0 Å². The van der Waals surface area contributed by atoms with Crippen LogP contribution in [0.5, 0.6) is 0 Å². The molecule has 0 aliphatic carbocycles. The van der Waals surface area contributed by atoms with Crippen molar-refractivity contribution in [2.24, 2.45) is 0 Å². The zero-order valence-corrected chi connectivity index (χ0v) is 15.1. The lowest BCUT2D eigenvalue weighted by molar-refractivity contribution is 0.0520. The molecule has 6 heteroatoms. The Bertz CT molecular complexity index is 548. The van der Waals surface area contributed by atoms with Gasteiger partial charge in [-0.05, 0) is 58.2 Å². The minimum absolute atomic E-state index is 0.190. The summed E-state index contributed by atoms with van der Waals surface area (Å²) in [5.74, 6) is -1.74. The molecular weight excluding hydrogens is 312 g/mol. The Morgan fingerprint density at radius 3 is 0.958 bits per heavy atom. The molecule has 0 heterocycles. The van der Waals surface area contributed by atoms with E-state index in [0.29, 0.717) is 16.7 Å². The fourth-order valence-electron chi connectivity index (χ4n) is 2.75. The van der Waals surface area contributed by atoms with E-state index in [-0.39, 0.29) is 36.5 Å². The number of esters is 3. The van der Waals surface area contributed by atoms with Crippen LogP contribution >= 0.6 is 0 Å². The van der Waals surface area contributed by atoms with Crippen LogP contribution in [0.1, 0.15) is 68.5 Å². The summed E-state index contributed by atoms with van der Waals surface area (Å²) < 4.78 is 15.2. The number of ether oxygens (including phenoxy) is 3. The van der Waals surface area contributed by atoms with Crippen LogP contribution in [-0.4, -0.2) is 37.7 Å². The highest BCUT2D eigenvalue weighted by atomic mass is 16.5. The molecule has 0 spiro atoms. The molecule has 132 valence electrons. The minimum atomic E-state index is -0.580. The number of hydrogen-bond acceptors (Lipinski definition) is 6. The largest absolute Gasteiger partial charge is 0.462 e. The van der Waals surface area contributed by atoms with Crippen molar-refractivity contribution in [1.82, 2.24) is 0 Å². The van der Waals surface area contributed by atoms with Crippen LogP contribution in [0.2, 0.25) is 0 Å². The summed E-state index contributed by atoms with van der Waals surface area (Å²) in [7, 11) is 0. The molecule has 6 nitrogen and oxygen atoms in total. The maximum atomic E-state index is 12.3. The van der Waals surface area contributed by atoms with E-state index in [4.69, 9.17) is 14.2 Å². The van der Waals surface area contributed by atoms with Crippen molar-refractivity contribution in [3.63, 3.8) is 0 Å². The highest BCUT2D eigenvalue weighted by Gasteiger charge is 2.29. The maximum absolute atomic E-state index is 12.3. The Morgan fingerprint density at radius 2 is 0.792 bits per heavy atom. The monoisotopic (exact) mass is 336 g/mol. The van der Waals surface area contributed by atoms with E-state index in [1.165, 1.54) is 0 Å². The lowest BCUT2D eigenvalue weighted by atomic mass is 9.88. The highest BCUT2D eigenvalue weighted by molar-refractivity contribution is 6.06. The van der Waals surface area contributed by atoms with Crippen molar-refractivity contribution in [2.75, 3.05) is 19.8 Å². The topological polar surface area (TPSA) is 78.9 Å². The van der Waals surface area contributed by atoms with Crippen molar-refractivity contribution in [1.29, 1.82) is 0 Å². The molecule has 1 aromatic rings. The van der Waals surface area contributed by atoms with Crippen molar-refractivity contribution in [2.45, 2.75) is 41.5 Å². The van der Waals surface area contributed by atoms with E-state index in [9.17, 15) is 14.4 Å². The first-order valence-corrected chi connectivity index (χ1v) is 7.96. The Morgan fingerprint density at radius 1 is 0.583 bits per heavy atom. The van der Waals surface area contributed by atoms with Crippen LogP contribution in [0.25, 0.3) is 0 Å². The molecule has 0 saturated heterocycles. The first-order chi connectivity index (χ1) is 11.3. The van der Waals surface area contributed by atoms with E-state index in [1.807, 2.05) is 0 Å². The van der Waals surface area contributed by atoms with Gasteiger partial charge in [-0.3, -0.25) is 0 Å². The maximum Gasteiger partial charge on any atom is 0.338 e. The third kappa shape index (κ3) is 3.75. The van der Waals surface area contributed by atoms with Crippen molar-refractivity contribution in [3.8, 4) is 0 Å². The summed E-state index contributed by atoms with van der Waals surface area (Å²) in [5.41, 5.74) is 1.93. The normalized spacial score (nSPS) is 10.2. The fourth-order valence-corrected chi connectivity index (χ4v) is 2.75. The summed E-state index contributed by atoms with van der Waals surface area (Å²) in [6.07, 6.45) is 0. The van der Waals surface area contributed by atoms with Gasteiger partial charge in [-0.1, -0.05) is 0 Å². The molecule has 0 saturated carbocycles. The number of hydrogen-bond donors (Lipinski definition) is 0. The summed E-state index contributed by atoms with van der Waals surface area (Å²) in [6, 6.07) is 0. The predicted octanol–water partition coefficient (Wildman–Crippen LogP) is 3.14. The smallest absolute Gasteiger partial charge is 0.338 e. The number of carbonyl (C=O) groups is 3. The summed E-state index contributed by atoms with van der Waals surface area (Å²) >= 11 is 0. The van der Waals surface area contributed by atoms with Gasteiger partial charge >= 0.3 is 17.9 Å². The zero-order chi connectivity index (χ0) is 18.4. The molecule has 0 aliphatic rings. The molecule has 0 bridgehead atoms. The first-order valence-electron chi connectivity index (χ1n) is 7.96. The average Bonchev–Trinajstić information content (AvgIpc) is 2.47. The standard InChI is InChI=1S/C18H24O6/c1-7-22-16(19)13-10(4)14(17(20)23-8-2)12(6)15(11(13)5)18(21)24-9-3/h7-9H2,1-6H3. The van der Waals surface area contributed by atoms with Gasteiger partial charge in [-0.25, -0.2) is 14.4 Å². The van der Waals surface area contributed by atoms with Gasteiger partial charge in [-0.15, -0.1) is 0 Å². The molecule has 0 atom stereocenters. The molecule has 0 aromatic heterocycles. The van der Waals surface area contributed by atoms with Crippen LogP contribution in [0.15, 0.2) is 0 Å². The second kappa shape index (κ2) is 8.47. The molecule has 0 fully saturated rings. The number of benzene rings is 1. The molecule has 0 amide bonds. The first kappa shape index (κ1) is 19.7. The van der Waals surface area contributed by atoms with Crippen molar-refractivity contribution < 1.29 is 28.6 Å². The summed E-state index contributed by atoms with van der Waals surface area (Å²) in [6.45, 7) is 10.6. The van der Waals surface area contributed by atoms with E-state index in [1.54, 1.807) is 41.5 Å². The molecule has 24 heavy (non-hydrogen) atoms.